The summed E-state index contributed by atoms with van der Waals surface area (Å²) in [7, 11) is 0. The molecule has 0 aromatic heterocycles. The van der Waals surface area contributed by atoms with E-state index >= 15 is 0 Å². The molecule has 104 valence electrons. The standard InChI is InChI=1S/C12H13F3N2O2/c13-8-4-7(9(14)11(18)10(8)15)12(19)17-3-1-2-6(17)5-16/h4,6,18H,1-3,5,16H2. The Hall–Kier alpha value is -1.76. The zero-order valence-corrected chi connectivity index (χ0v) is 10.00. The Balaban J connectivity index is 2.39. The summed E-state index contributed by atoms with van der Waals surface area (Å²) in [5, 5.41) is 9.10. The van der Waals surface area contributed by atoms with E-state index < -0.39 is 34.7 Å². The molecule has 0 bridgehead atoms. The number of halogens is 3. The third-order valence-corrected chi connectivity index (χ3v) is 3.27. The molecule has 0 spiro atoms. The van der Waals surface area contributed by atoms with Crippen LogP contribution < -0.4 is 5.73 Å². The van der Waals surface area contributed by atoms with Crippen LogP contribution in [0.25, 0.3) is 0 Å². The van der Waals surface area contributed by atoms with Crippen LogP contribution in [0.1, 0.15) is 23.2 Å². The molecule has 1 unspecified atom stereocenters. The smallest absolute Gasteiger partial charge is 0.257 e. The summed E-state index contributed by atoms with van der Waals surface area (Å²) in [6.45, 7) is 0.586. The molecular weight excluding hydrogens is 261 g/mol. The van der Waals surface area contributed by atoms with Crippen molar-refractivity contribution in [2.75, 3.05) is 13.1 Å². The molecule has 1 aliphatic heterocycles. The number of hydrogen-bond acceptors (Lipinski definition) is 3. The van der Waals surface area contributed by atoms with Crippen molar-refractivity contribution in [2.45, 2.75) is 18.9 Å². The van der Waals surface area contributed by atoms with Crippen LogP contribution in [-0.2, 0) is 0 Å². The molecule has 1 heterocycles. The summed E-state index contributed by atoms with van der Waals surface area (Å²) in [6.07, 6.45) is 1.39. The lowest BCUT2D eigenvalue weighted by Crippen LogP contribution is -2.40. The fraction of sp³-hybridized carbons (Fsp3) is 0.417. The Morgan fingerprint density at radius 1 is 1.42 bits per heavy atom. The summed E-state index contributed by atoms with van der Waals surface area (Å²) in [5.41, 5.74) is 4.81. The highest BCUT2D eigenvalue weighted by Crippen LogP contribution is 2.28. The van der Waals surface area contributed by atoms with E-state index in [1.807, 2.05) is 0 Å². The molecule has 3 N–H and O–H groups in total. The van der Waals surface area contributed by atoms with Gasteiger partial charge in [0.25, 0.3) is 5.91 Å². The maximum absolute atomic E-state index is 13.6. The van der Waals surface area contributed by atoms with Gasteiger partial charge in [0, 0.05) is 19.1 Å². The van der Waals surface area contributed by atoms with Gasteiger partial charge >= 0.3 is 0 Å². The fourth-order valence-electron chi connectivity index (χ4n) is 2.25. The molecule has 2 rings (SSSR count). The lowest BCUT2D eigenvalue weighted by molar-refractivity contribution is 0.0734. The Morgan fingerprint density at radius 3 is 2.74 bits per heavy atom. The van der Waals surface area contributed by atoms with E-state index in [1.165, 1.54) is 4.90 Å². The predicted molar refractivity (Wildman–Crippen MR) is 61.1 cm³/mol. The largest absolute Gasteiger partial charge is 0.503 e. The molecule has 1 fully saturated rings. The van der Waals surface area contributed by atoms with Gasteiger partial charge in [0.2, 0.25) is 5.82 Å². The average molecular weight is 274 g/mol. The van der Waals surface area contributed by atoms with Crippen LogP contribution in [-0.4, -0.2) is 35.0 Å². The summed E-state index contributed by atoms with van der Waals surface area (Å²) in [6, 6.07) is 0.209. The molecule has 0 radical (unpaired) electrons. The monoisotopic (exact) mass is 274 g/mol. The van der Waals surface area contributed by atoms with Gasteiger partial charge < -0.3 is 15.7 Å². The first-order valence-electron chi connectivity index (χ1n) is 5.84. The van der Waals surface area contributed by atoms with Gasteiger partial charge in [0.05, 0.1) is 5.56 Å². The second-order valence-electron chi connectivity index (χ2n) is 4.41. The van der Waals surface area contributed by atoms with E-state index in [0.29, 0.717) is 25.5 Å². The molecule has 1 aromatic carbocycles. The quantitative estimate of drug-likeness (QED) is 0.800. The number of nitrogens with two attached hydrogens (primary N) is 1. The van der Waals surface area contributed by atoms with Crippen molar-refractivity contribution >= 4 is 5.91 Å². The number of likely N-dealkylation sites (tertiary alicyclic amines) is 1. The maximum atomic E-state index is 13.6. The normalized spacial score (nSPS) is 18.9. The Bertz CT molecular complexity index is 522. The molecular formula is C12H13F3N2O2. The van der Waals surface area contributed by atoms with E-state index in [-0.39, 0.29) is 12.6 Å². The number of hydrogen-bond donors (Lipinski definition) is 2. The average Bonchev–Trinajstić information content (AvgIpc) is 2.88. The lowest BCUT2D eigenvalue weighted by atomic mass is 10.1. The minimum Gasteiger partial charge on any atom is -0.503 e. The molecule has 0 aliphatic carbocycles. The van der Waals surface area contributed by atoms with Crippen molar-refractivity contribution in [1.82, 2.24) is 4.90 Å². The number of amides is 1. The molecule has 1 amide bonds. The minimum absolute atomic E-state index is 0.211. The first-order chi connectivity index (χ1) is 8.97. The van der Waals surface area contributed by atoms with Gasteiger partial charge in [-0.25, -0.2) is 8.78 Å². The number of benzene rings is 1. The fourth-order valence-corrected chi connectivity index (χ4v) is 2.25. The molecule has 1 aromatic rings. The van der Waals surface area contributed by atoms with Crippen LogP contribution >= 0.6 is 0 Å². The van der Waals surface area contributed by atoms with Gasteiger partial charge in [0.15, 0.2) is 17.4 Å². The number of nitrogens with zero attached hydrogens (tertiary/aromatic N) is 1. The van der Waals surface area contributed by atoms with Crippen LogP contribution in [0.3, 0.4) is 0 Å². The Labute approximate surface area is 107 Å². The van der Waals surface area contributed by atoms with E-state index in [2.05, 4.69) is 0 Å². The van der Waals surface area contributed by atoms with Gasteiger partial charge in [-0.2, -0.15) is 4.39 Å². The number of carbonyl (C=O) groups is 1. The summed E-state index contributed by atoms with van der Waals surface area (Å²) < 4.78 is 39.7. The molecule has 7 heteroatoms. The van der Waals surface area contributed by atoms with Crippen molar-refractivity contribution in [3.8, 4) is 5.75 Å². The van der Waals surface area contributed by atoms with Crippen molar-refractivity contribution in [1.29, 1.82) is 0 Å². The summed E-state index contributed by atoms with van der Waals surface area (Å²) in [5.74, 6) is -6.89. The van der Waals surface area contributed by atoms with Crippen molar-refractivity contribution in [3.63, 3.8) is 0 Å². The molecule has 1 saturated heterocycles. The van der Waals surface area contributed by atoms with Crippen LogP contribution in [0.2, 0.25) is 0 Å². The molecule has 19 heavy (non-hydrogen) atoms. The highest BCUT2D eigenvalue weighted by Gasteiger charge is 2.32. The van der Waals surface area contributed by atoms with Gasteiger partial charge in [0.1, 0.15) is 0 Å². The van der Waals surface area contributed by atoms with E-state index in [4.69, 9.17) is 10.8 Å². The topological polar surface area (TPSA) is 66.6 Å². The zero-order valence-electron chi connectivity index (χ0n) is 10.00. The van der Waals surface area contributed by atoms with Gasteiger partial charge in [-0.3, -0.25) is 4.79 Å². The molecule has 1 atom stereocenters. The number of aromatic hydroxyl groups is 1. The second kappa shape index (κ2) is 5.08. The van der Waals surface area contributed by atoms with Crippen molar-refractivity contribution in [3.05, 3.63) is 29.1 Å². The third-order valence-electron chi connectivity index (χ3n) is 3.27. The molecule has 1 aliphatic rings. The van der Waals surface area contributed by atoms with Crippen molar-refractivity contribution in [2.24, 2.45) is 5.73 Å². The van der Waals surface area contributed by atoms with Crippen molar-refractivity contribution < 1.29 is 23.1 Å². The number of phenolic OH excluding ortho intramolecular Hbond substituents is 1. The zero-order chi connectivity index (χ0) is 14.2. The molecule has 0 saturated carbocycles. The van der Waals surface area contributed by atoms with Gasteiger partial charge in [-0.05, 0) is 18.9 Å². The van der Waals surface area contributed by atoms with Gasteiger partial charge in [-0.15, -0.1) is 0 Å². The maximum Gasteiger partial charge on any atom is 0.257 e. The highest BCUT2D eigenvalue weighted by molar-refractivity contribution is 5.95. The predicted octanol–water partition coefficient (Wildman–Crippen LogP) is 1.37. The highest BCUT2D eigenvalue weighted by atomic mass is 19.2. The minimum atomic E-state index is -1.70. The summed E-state index contributed by atoms with van der Waals surface area (Å²) in [4.78, 5) is 13.4. The first kappa shape index (κ1) is 13.7. The number of phenols is 1. The Morgan fingerprint density at radius 2 is 2.11 bits per heavy atom. The Kier molecular flexibility index (Phi) is 3.66. The van der Waals surface area contributed by atoms with Crippen LogP contribution in [0.5, 0.6) is 5.75 Å². The summed E-state index contributed by atoms with van der Waals surface area (Å²) >= 11 is 0. The second-order valence-corrected chi connectivity index (χ2v) is 4.41. The lowest BCUT2D eigenvalue weighted by Gasteiger charge is -2.23. The van der Waals surface area contributed by atoms with Crippen LogP contribution in [0.4, 0.5) is 13.2 Å². The van der Waals surface area contributed by atoms with E-state index in [9.17, 15) is 18.0 Å². The SMILES string of the molecule is NCC1CCCN1C(=O)c1cc(F)c(F)c(O)c1F. The first-order valence-corrected chi connectivity index (χ1v) is 5.84. The van der Waals surface area contributed by atoms with E-state index in [1.54, 1.807) is 0 Å². The van der Waals surface area contributed by atoms with Crippen LogP contribution in [0.15, 0.2) is 6.07 Å². The number of carbonyl (C=O) groups excluding carboxylic acids is 1. The third kappa shape index (κ3) is 2.25. The number of rotatable bonds is 2. The van der Waals surface area contributed by atoms with Gasteiger partial charge in [-0.1, -0.05) is 0 Å². The van der Waals surface area contributed by atoms with Crippen LogP contribution in [0, 0.1) is 17.5 Å². The molecule has 4 nitrogen and oxygen atoms in total. The van der Waals surface area contributed by atoms with E-state index in [0.717, 1.165) is 0 Å².